The van der Waals surface area contributed by atoms with Crippen molar-refractivity contribution in [3.63, 3.8) is 0 Å². The molecular weight excluding hydrogens is 272 g/mol. The maximum Gasteiger partial charge on any atom is 0.305 e. The van der Waals surface area contributed by atoms with E-state index >= 15 is 0 Å². The molecule has 6 heteroatoms. The normalized spacial score (nSPS) is 10.3. The molecule has 0 spiro atoms. The summed E-state index contributed by atoms with van der Waals surface area (Å²) in [5, 5.41) is 14.0. The summed E-state index contributed by atoms with van der Waals surface area (Å²) >= 11 is 0. The van der Waals surface area contributed by atoms with Crippen molar-refractivity contribution >= 4 is 11.7 Å². The van der Waals surface area contributed by atoms with E-state index < -0.39 is 0 Å². The van der Waals surface area contributed by atoms with Crippen LogP contribution in [0.5, 0.6) is 0 Å². The maximum atomic E-state index is 11.1. The standard InChI is InChI=1S/C15H22N2O4/c1-2-21-15(18)10-4-3-7-11-16-12-13-8-5-6-9-14(13)17(19)20/h5-6,8-9,16H,2-4,7,10-12H2,1H3. The molecule has 0 aliphatic rings. The van der Waals surface area contributed by atoms with E-state index in [4.69, 9.17) is 4.74 Å². The van der Waals surface area contributed by atoms with Crippen LogP contribution in [0.15, 0.2) is 24.3 Å². The van der Waals surface area contributed by atoms with Crippen LogP contribution in [-0.4, -0.2) is 24.0 Å². The topological polar surface area (TPSA) is 81.5 Å². The van der Waals surface area contributed by atoms with Crippen LogP contribution in [0.1, 0.15) is 38.2 Å². The third-order valence-electron chi connectivity index (χ3n) is 3.04. The summed E-state index contributed by atoms with van der Waals surface area (Å²) in [6.07, 6.45) is 3.13. The van der Waals surface area contributed by atoms with Gasteiger partial charge in [-0.3, -0.25) is 14.9 Å². The Balaban J connectivity index is 2.15. The number of carbonyl (C=O) groups is 1. The Bertz CT molecular complexity index is 463. The lowest BCUT2D eigenvalue weighted by Crippen LogP contribution is -2.15. The minimum Gasteiger partial charge on any atom is -0.466 e. The number of carbonyl (C=O) groups excluding carboxylic acids is 1. The Morgan fingerprint density at radius 3 is 2.76 bits per heavy atom. The molecule has 0 atom stereocenters. The van der Waals surface area contributed by atoms with Gasteiger partial charge in [0.2, 0.25) is 0 Å². The highest BCUT2D eigenvalue weighted by Gasteiger charge is 2.11. The van der Waals surface area contributed by atoms with Crippen molar-refractivity contribution in [1.29, 1.82) is 0 Å². The summed E-state index contributed by atoms with van der Waals surface area (Å²) in [4.78, 5) is 21.6. The molecule has 1 aromatic carbocycles. The first kappa shape index (κ1) is 17.1. The van der Waals surface area contributed by atoms with E-state index in [9.17, 15) is 14.9 Å². The Labute approximate surface area is 124 Å². The highest BCUT2D eigenvalue weighted by Crippen LogP contribution is 2.17. The van der Waals surface area contributed by atoms with Crippen molar-refractivity contribution in [3.8, 4) is 0 Å². The zero-order chi connectivity index (χ0) is 15.5. The van der Waals surface area contributed by atoms with Gasteiger partial charge in [0, 0.05) is 24.6 Å². The number of hydrogen-bond acceptors (Lipinski definition) is 5. The molecule has 0 saturated carbocycles. The molecule has 0 aromatic heterocycles. The van der Waals surface area contributed by atoms with E-state index in [1.165, 1.54) is 6.07 Å². The van der Waals surface area contributed by atoms with Crippen LogP contribution < -0.4 is 5.32 Å². The second-order valence-corrected chi connectivity index (χ2v) is 4.68. The predicted octanol–water partition coefficient (Wildman–Crippen LogP) is 2.81. The van der Waals surface area contributed by atoms with Gasteiger partial charge in [0.15, 0.2) is 0 Å². The highest BCUT2D eigenvalue weighted by molar-refractivity contribution is 5.69. The smallest absolute Gasteiger partial charge is 0.305 e. The molecule has 0 heterocycles. The van der Waals surface area contributed by atoms with E-state index in [1.54, 1.807) is 25.1 Å². The number of benzene rings is 1. The van der Waals surface area contributed by atoms with Gasteiger partial charge in [0.1, 0.15) is 0 Å². The number of nitrogens with zero attached hydrogens (tertiary/aromatic N) is 1. The van der Waals surface area contributed by atoms with Crippen LogP contribution in [0.2, 0.25) is 0 Å². The van der Waals surface area contributed by atoms with Gasteiger partial charge >= 0.3 is 5.97 Å². The zero-order valence-electron chi connectivity index (χ0n) is 12.3. The van der Waals surface area contributed by atoms with Gasteiger partial charge in [-0.2, -0.15) is 0 Å². The summed E-state index contributed by atoms with van der Waals surface area (Å²) in [6.45, 7) is 3.48. The Morgan fingerprint density at radius 1 is 1.29 bits per heavy atom. The molecular formula is C15H22N2O4. The molecule has 1 aromatic rings. The number of ether oxygens (including phenoxy) is 1. The van der Waals surface area contributed by atoms with E-state index in [1.807, 2.05) is 0 Å². The fraction of sp³-hybridized carbons (Fsp3) is 0.533. The lowest BCUT2D eigenvalue weighted by molar-refractivity contribution is -0.385. The maximum absolute atomic E-state index is 11.1. The lowest BCUT2D eigenvalue weighted by atomic mass is 10.1. The molecule has 0 amide bonds. The number of para-hydroxylation sites is 1. The zero-order valence-corrected chi connectivity index (χ0v) is 12.3. The van der Waals surface area contributed by atoms with E-state index in [0.717, 1.165) is 25.8 Å². The van der Waals surface area contributed by atoms with Gasteiger partial charge in [0.25, 0.3) is 5.69 Å². The fourth-order valence-corrected chi connectivity index (χ4v) is 1.99. The molecule has 1 N–H and O–H groups in total. The van der Waals surface area contributed by atoms with Crippen LogP contribution in [0.4, 0.5) is 5.69 Å². The second-order valence-electron chi connectivity index (χ2n) is 4.68. The number of nitro benzene ring substituents is 1. The fourth-order valence-electron chi connectivity index (χ4n) is 1.99. The predicted molar refractivity (Wildman–Crippen MR) is 79.9 cm³/mol. The van der Waals surface area contributed by atoms with Crippen LogP contribution >= 0.6 is 0 Å². The number of nitro groups is 1. The minimum atomic E-state index is -0.365. The van der Waals surface area contributed by atoms with Crippen LogP contribution in [0.25, 0.3) is 0 Å². The van der Waals surface area contributed by atoms with Crippen molar-refractivity contribution in [2.24, 2.45) is 0 Å². The molecule has 0 radical (unpaired) electrons. The third kappa shape index (κ3) is 6.85. The van der Waals surface area contributed by atoms with Crippen LogP contribution in [-0.2, 0) is 16.1 Å². The Hall–Kier alpha value is -1.95. The molecule has 0 aliphatic heterocycles. The van der Waals surface area contributed by atoms with Gasteiger partial charge in [-0.05, 0) is 26.3 Å². The molecule has 0 fully saturated rings. The van der Waals surface area contributed by atoms with Gasteiger partial charge in [-0.1, -0.05) is 24.6 Å². The lowest BCUT2D eigenvalue weighted by Gasteiger charge is -2.06. The molecule has 0 unspecified atom stereocenters. The molecule has 21 heavy (non-hydrogen) atoms. The molecule has 116 valence electrons. The number of nitrogens with one attached hydrogen (secondary N) is 1. The summed E-state index contributed by atoms with van der Waals surface area (Å²) in [5.41, 5.74) is 0.835. The summed E-state index contributed by atoms with van der Waals surface area (Å²) in [7, 11) is 0. The number of rotatable bonds is 10. The van der Waals surface area contributed by atoms with Gasteiger partial charge in [-0.25, -0.2) is 0 Å². The third-order valence-corrected chi connectivity index (χ3v) is 3.04. The number of esters is 1. The van der Waals surface area contributed by atoms with Gasteiger partial charge in [0.05, 0.1) is 11.5 Å². The SMILES string of the molecule is CCOC(=O)CCCCCNCc1ccccc1[N+](=O)[O-]. The van der Waals surface area contributed by atoms with Crippen molar-refractivity contribution in [2.45, 2.75) is 39.2 Å². The summed E-state index contributed by atoms with van der Waals surface area (Å²) in [5.74, 6) is -0.148. The highest BCUT2D eigenvalue weighted by atomic mass is 16.6. The average molecular weight is 294 g/mol. The monoisotopic (exact) mass is 294 g/mol. The molecule has 1 rings (SSSR count). The summed E-state index contributed by atoms with van der Waals surface area (Å²) in [6, 6.07) is 6.72. The molecule has 0 aliphatic carbocycles. The summed E-state index contributed by atoms with van der Waals surface area (Å²) < 4.78 is 4.84. The van der Waals surface area contributed by atoms with Crippen molar-refractivity contribution in [3.05, 3.63) is 39.9 Å². The molecule has 0 saturated heterocycles. The first-order valence-electron chi connectivity index (χ1n) is 7.23. The minimum absolute atomic E-state index is 0.146. The molecule has 0 bridgehead atoms. The van der Waals surface area contributed by atoms with E-state index in [2.05, 4.69) is 5.32 Å². The van der Waals surface area contributed by atoms with Gasteiger partial charge < -0.3 is 10.1 Å². The van der Waals surface area contributed by atoms with E-state index in [-0.39, 0.29) is 16.6 Å². The quantitative estimate of drug-likeness (QED) is 0.310. The largest absolute Gasteiger partial charge is 0.466 e. The van der Waals surface area contributed by atoms with Crippen molar-refractivity contribution in [2.75, 3.05) is 13.2 Å². The first-order chi connectivity index (χ1) is 10.1. The van der Waals surface area contributed by atoms with Gasteiger partial charge in [-0.15, -0.1) is 0 Å². The first-order valence-corrected chi connectivity index (χ1v) is 7.23. The van der Waals surface area contributed by atoms with Crippen LogP contribution in [0.3, 0.4) is 0 Å². The van der Waals surface area contributed by atoms with Crippen molar-refractivity contribution in [1.82, 2.24) is 5.32 Å². The van der Waals surface area contributed by atoms with E-state index in [0.29, 0.717) is 25.1 Å². The molecule has 6 nitrogen and oxygen atoms in total. The number of hydrogen-bond donors (Lipinski definition) is 1. The Kier molecular flexibility index (Phi) is 8.04. The number of unbranched alkanes of at least 4 members (excludes halogenated alkanes) is 2. The van der Waals surface area contributed by atoms with Crippen molar-refractivity contribution < 1.29 is 14.5 Å². The average Bonchev–Trinajstić information content (AvgIpc) is 2.46. The van der Waals surface area contributed by atoms with Crippen LogP contribution in [0, 0.1) is 10.1 Å². The second kappa shape index (κ2) is 9.88. The Morgan fingerprint density at radius 2 is 2.05 bits per heavy atom.